The lowest BCUT2D eigenvalue weighted by Crippen LogP contribution is -2.43. The number of hydrogen-bond donors (Lipinski definition) is 0. The number of ether oxygens (including phenoxy) is 1. The zero-order valence-corrected chi connectivity index (χ0v) is 19.4. The maximum Gasteiger partial charge on any atom is 0.277 e. The molecule has 0 aromatic heterocycles. The van der Waals surface area contributed by atoms with E-state index in [2.05, 4.69) is 11.9 Å². The normalized spacial score (nSPS) is 17.8. The number of carbonyl (C=O) groups is 2. The Morgan fingerprint density at radius 2 is 1.64 bits per heavy atom. The van der Waals surface area contributed by atoms with E-state index in [9.17, 15) is 14.0 Å². The van der Waals surface area contributed by atoms with Crippen LogP contribution in [0.2, 0.25) is 0 Å². The van der Waals surface area contributed by atoms with Gasteiger partial charge in [-0.2, -0.15) is 0 Å². The molecule has 0 spiro atoms. The minimum atomic E-state index is -0.308. The summed E-state index contributed by atoms with van der Waals surface area (Å²) < 4.78 is 18.5. The van der Waals surface area contributed by atoms with E-state index in [4.69, 9.17) is 4.74 Å². The van der Waals surface area contributed by atoms with Crippen molar-refractivity contribution in [3.63, 3.8) is 0 Å². The second kappa shape index (κ2) is 9.75. The lowest BCUT2D eigenvalue weighted by atomic mass is 10.00. The molecule has 2 aliphatic heterocycles. The summed E-state index contributed by atoms with van der Waals surface area (Å²) in [6.45, 7) is 2.15. The van der Waals surface area contributed by atoms with Gasteiger partial charge in [-0.15, -0.1) is 0 Å². The summed E-state index contributed by atoms with van der Waals surface area (Å²) in [5, 5.41) is 0. The van der Waals surface area contributed by atoms with Gasteiger partial charge in [0.1, 0.15) is 17.3 Å². The van der Waals surface area contributed by atoms with Crippen LogP contribution in [0.4, 0.5) is 4.39 Å². The first-order valence-electron chi connectivity index (χ1n) is 11.3. The lowest BCUT2D eigenvalue weighted by Gasteiger charge is -2.36. The van der Waals surface area contributed by atoms with Crippen LogP contribution in [0.15, 0.2) is 54.2 Å². The highest BCUT2D eigenvalue weighted by molar-refractivity contribution is 6.35. The Morgan fingerprint density at radius 3 is 2.24 bits per heavy atom. The third-order valence-electron chi connectivity index (χ3n) is 6.65. The molecule has 0 N–H and O–H groups in total. The molecule has 0 radical (unpaired) electrons. The van der Waals surface area contributed by atoms with Crippen LogP contribution in [0.25, 0.3) is 5.57 Å². The SMILES string of the molecule is COc1ccc(C2=C(N(C)C3CCN(C)CC3)C(=O)N(CCc3ccc(F)cc3)C2=O)cc1. The first-order chi connectivity index (χ1) is 15.9. The van der Waals surface area contributed by atoms with Crippen LogP contribution in [-0.2, 0) is 16.0 Å². The molecule has 0 unspecified atom stereocenters. The van der Waals surface area contributed by atoms with Gasteiger partial charge < -0.3 is 14.5 Å². The minimum absolute atomic E-state index is 0.193. The Morgan fingerprint density at radius 1 is 1.00 bits per heavy atom. The van der Waals surface area contributed by atoms with Gasteiger partial charge in [-0.3, -0.25) is 14.5 Å². The van der Waals surface area contributed by atoms with E-state index in [0.29, 0.717) is 29.0 Å². The number of piperidine rings is 1. The maximum absolute atomic E-state index is 13.6. The number of rotatable bonds is 7. The summed E-state index contributed by atoms with van der Waals surface area (Å²) in [4.78, 5) is 32.7. The van der Waals surface area contributed by atoms with Gasteiger partial charge in [0.15, 0.2) is 0 Å². The fourth-order valence-electron chi connectivity index (χ4n) is 4.57. The predicted molar refractivity (Wildman–Crippen MR) is 125 cm³/mol. The zero-order chi connectivity index (χ0) is 23.5. The highest BCUT2D eigenvalue weighted by atomic mass is 19.1. The first-order valence-corrected chi connectivity index (χ1v) is 11.3. The highest BCUT2D eigenvalue weighted by Gasteiger charge is 2.42. The van der Waals surface area contributed by atoms with Crippen molar-refractivity contribution in [3.8, 4) is 5.75 Å². The van der Waals surface area contributed by atoms with Gasteiger partial charge in [-0.05, 0) is 74.8 Å². The molecule has 2 aromatic rings. The molecule has 7 heteroatoms. The van der Waals surface area contributed by atoms with Crippen molar-refractivity contribution in [2.75, 3.05) is 40.8 Å². The number of likely N-dealkylation sites (N-methyl/N-ethyl adjacent to an activating group) is 1. The van der Waals surface area contributed by atoms with Crippen molar-refractivity contribution >= 4 is 17.4 Å². The molecule has 0 atom stereocenters. The van der Waals surface area contributed by atoms with Crippen LogP contribution in [0.5, 0.6) is 5.75 Å². The van der Waals surface area contributed by atoms with Crippen molar-refractivity contribution in [1.29, 1.82) is 0 Å². The van der Waals surface area contributed by atoms with Gasteiger partial charge in [0.2, 0.25) is 0 Å². The Bertz CT molecular complexity index is 1040. The van der Waals surface area contributed by atoms with Crippen molar-refractivity contribution in [3.05, 3.63) is 71.2 Å². The van der Waals surface area contributed by atoms with Gasteiger partial charge in [-0.25, -0.2) is 4.39 Å². The summed E-state index contributed by atoms with van der Waals surface area (Å²) in [5.41, 5.74) is 2.47. The number of carbonyl (C=O) groups excluding carboxylic acids is 2. The standard InChI is InChI=1S/C26H30FN3O3/c1-28-15-13-21(14-16-28)29(2)24-23(19-6-10-22(33-3)11-7-19)25(31)30(26(24)32)17-12-18-4-8-20(27)9-5-18/h4-11,21H,12-17H2,1-3H3. The average Bonchev–Trinajstić information content (AvgIpc) is 3.08. The zero-order valence-electron chi connectivity index (χ0n) is 19.4. The van der Waals surface area contributed by atoms with Crippen LogP contribution in [0, 0.1) is 5.82 Å². The number of nitrogens with zero attached hydrogens (tertiary/aromatic N) is 3. The maximum atomic E-state index is 13.6. The van der Waals surface area contributed by atoms with Crippen molar-refractivity contribution in [2.45, 2.75) is 25.3 Å². The average molecular weight is 452 g/mol. The molecule has 0 saturated carbocycles. The lowest BCUT2D eigenvalue weighted by molar-refractivity contribution is -0.137. The van der Waals surface area contributed by atoms with Crippen molar-refractivity contribution in [1.82, 2.24) is 14.7 Å². The molecule has 4 rings (SSSR count). The van der Waals surface area contributed by atoms with E-state index in [1.807, 2.05) is 24.1 Å². The van der Waals surface area contributed by atoms with E-state index in [1.165, 1.54) is 17.0 Å². The Labute approximate surface area is 194 Å². The molecule has 1 saturated heterocycles. The predicted octanol–water partition coefficient (Wildman–Crippen LogP) is 3.18. The van der Waals surface area contributed by atoms with Gasteiger partial charge in [0.05, 0.1) is 12.7 Å². The number of benzene rings is 2. The summed E-state index contributed by atoms with van der Waals surface area (Å²) in [5.74, 6) is -0.177. The molecule has 2 amide bonds. The molecular formula is C26H30FN3O3. The largest absolute Gasteiger partial charge is 0.497 e. The fraction of sp³-hybridized carbons (Fsp3) is 0.385. The first kappa shape index (κ1) is 23.0. The monoisotopic (exact) mass is 451 g/mol. The minimum Gasteiger partial charge on any atom is -0.497 e. The third-order valence-corrected chi connectivity index (χ3v) is 6.65. The number of hydrogen-bond acceptors (Lipinski definition) is 5. The quantitative estimate of drug-likeness (QED) is 0.606. The Balaban J connectivity index is 1.63. The van der Waals surface area contributed by atoms with E-state index in [-0.39, 0.29) is 30.2 Å². The highest BCUT2D eigenvalue weighted by Crippen LogP contribution is 2.34. The number of amides is 2. The van der Waals surface area contributed by atoms with E-state index < -0.39 is 0 Å². The van der Waals surface area contributed by atoms with E-state index in [1.54, 1.807) is 31.4 Å². The second-order valence-corrected chi connectivity index (χ2v) is 8.74. The molecule has 2 heterocycles. The molecule has 1 fully saturated rings. The fourth-order valence-corrected chi connectivity index (χ4v) is 4.57. The third kappa shape index (κ3) is 4.78. The topological polar surface area (TPSA) is 53.1 Å². The van der Waals surface area contributed by atoms with E-state index in [0.717, 1.165) is 31.5 Å². The van der Waals surface area contributed by atoms with Crippen LogP contribution in [0.3, 0.4) is 0 Å². The number of likely N-dealkylation sites (tertiary alicyclic amines) is 1. The number of methoxy groups -OCH3 is 1. The molecule has 174 valence electrons. The van der Waals surface area contributed by atoms with Gasteiger partial charge in [0.25, 0.3) is 11.8 Å². The van der Waals surface area contributed by atoms with Crippen molar-refractivity contribution in [2.24, 2.45) is 0 Å². The Hall–Kier alpha value is -3.19. The van der Waals surface area contributed by atoms with Crippen LogP contribution in [-0.4, -0.2) is 73.4 Å². The molecule has 2 aromatic carbocycles. The van der Waals surface area contributed by atoms with Gasteiger partial charge in [-0.1, -0.05) is 24.3 Å². The summed E-state index contributed by atoms with van der Waals surface area (Å²) in [6.07, 6.45) is 2.34. The van der Waals surface area contributed by atoms with Crippen molar-refractivity contribution < 1.29 is 18.7 Å². The Kier molecular flexibility index (Phi) is 6.79. The molecule has 33 heavy (non-hydrogen) atoms. The molecule has 6 nitrogen and oxygen atoms in total. The summed E-state index contributed by atoms with van der Waals surface area (Å²) in [7, 11) is 5.61. The molecule has 0 aliphatic carbocycles. The van der Waals surface area contributed by atoms with Crippen LogP contribution >= 0.6 is 0 Å². The number of halogens is 1. The summed E-state index contributed by atoms with van der Waals surface area (Å²) in [6, 6.07) is 13.6. The molecule has 0 bridgehead atoms. The second-order valence-electron chi connectivity index (χ2n) is 8.74. The van der Waals surface area contributed by atoms with Gasteiger partial charge in [0, 0.05) is 19.6 Å². The number of imide groups is 1. The smallest absolute Gasteiger partial charge is 0.277 e. The van der Waals surface area contributed by atoms with Crippen LogP contribution in [0.1, 0.15) is 24.0 Å². The summed E-state index contributed by atoms with van der Waals surface area (Å²) >= 11 is 0. The van der Waals surface area contributed by atoms with Gasteiger partial charge >= 0.3 is 0 Å². The van der Waals surface area contributed by atoms with E-state index >= 15 is 0 Å². The molecular weight excluding hydrogens is 421 g/mol. The van der Waals surface area contributed by atoms with Crippen LogP contribution < -0.4 is 4.74 Å². The molecule has 2 aliphatic rings.